The molecule has 453 valence electrons. The minimum Gasteiger partial charge on any atom is -0.512 e. The Kier molecular flexibility index (Phi) is 33.0. The van der Waals surface area contributed by atoms with Crippen molar-refractivity contribution in [3.05, 3.63) is 231 Å². The fraction of sp³-hybridized carbons (Fsp3) is 0.260. The van der Waals surface area contributed by atoms with Crippen molar-refractivity contribution in [3.63, 3.8) is 0 Å². The molecule has 0 fully saturated rings. The zero-order chi connectivity index (χ0) is 61.0. The summed E-state index contributed by atoms with van der Waals surface area (Å²) in [6, 6.07) is 56.7. The number of pyridine rings is 3. The van der Waals surface area contributed by atoms with Gasteiger partial charge in [0.05, 0.1) is 33.8 Å². The van der Waals surface area contributed by atoms with Crippen molar-refractivity contribution in [2.24, 2.45) is 5.92 Å². The smallest absolute Gasteiger partial charge is 0.158 e. The molecular weight excluding hydrogens is 1590 g/mol. The number of hydrogen-bond donors (Lipinski definition) is 3. The molecule has 0 saturated carbocycles. The summed E-state index contributed by atoms with van der Waals surface area (Å²) in [5.41, 5.74) is 20.0. The quantitative estimate of drug-likeness (QED) is 0.0767. The molecule has 0 aliphatic rings. The molecule has 0 atom stereocenters. The average Bonchev–Trinajstić information content (AvgIpc) is 3.50. The molecule has 0 amide bonds. The van der Waals surface area contributed by atoms with Crippen molar-refractivity contribution in [3.8, 4) is 33.8 Å². The monoisotopic (exact) mass is 1670 g/mol. The number of carbonyl (C=O) groups excluding carboxylic acids is 3. The van der Waals surface area contributed by atoms with Crippen LogP contribution >= 0.6 is 0 Å². The van der Waals surface area contributed by atoms with Crippen LogP contribution in [0.25, 0.3) is 66.5 Å². The Labute approximate surface area is 545 Å². The molecule has 0 unspecified atom stereocenters. The summed E-state index contributed by atoms with van der Waals surface area (Å²) in [5.74, 6) is 0.658. The molecule has 0 aliphatic heterocycles. The van der Waals surface area contributed by atoms with E-state index in [0.29, 0.717) is 17.1 Å². The first-order valence-electron chi connectivity index (χ1n) is 27.4. The van der Waals surface area contributed by atoms with E-state index >= 15 is 0 Å². The predicted molar refractivity (Wildman–Crippen MR) is 340 cm³/mol. The Bertz CT molecular complexity index is 3720. The Morgan fingerprint density at radius 1 is 0.459 bits per heavy atom. The van der Waals surface area contributed by atoms with Gasteiger partial charge in [0.15, 0.2) is 17.3 Å². The van der Waals surface area contributed by atoms with E-state index in [-0.39, 0.29) is 94.9 Å². The number of benzene rings is 6. The van der Waals surface area contributed by atoms with E-state index in [2.05, 4.69) is 184 Å². The van der Waals surface area contributed by atoms with E-state index in [1.165, 1.54) is 91.6 Å². The Morgan fingerprint density at radius 2 is 0.847 bits per heavy atom. The normalized spacial score (nSPS) is 11.0. The summed E-state index contributed by atoms with van der Waals surface area (Å²) in [6.45, 7) is 31.0. The third-order valence-electron chi connectivity index (χ3n) is 12.7. The molecule has 0 spiro atoms. The molecule has 9 nitrogen and oxygen atoms in total. The van der Waals surface area contributed by atoms with Gasteiger partial charge in [0.25, 0.3) is 0 Å². The maximum atomic E-state index is 10.4. The van der Waals surface area contributed by atoms with Crippen LogP contribution in [-0.4, -0.2) is 47.6 Å². The molecule has 9 rings (SSSR count). The topological polar surface area (TPSA) is 151 Å². The number of ketones is 3. The van der Waals surface area contributed by atoms with E-state index in [4.69, 9.17) is 30.3 Å². The predicted octanol–water partition coefficient (Wildman–Crippen LogP) is 18.3. The molecule has 85 heavy (non-hydrogen) atoms. The SMILES string of the molecule is CC(=O)C(C)=C(C)O.CC(=O)C(C)=C(C)O.CC(=O)C=C(C)O.Cc1[c-]c(-c2ccc3ccc(CC(C)C)cc3n2)cc(C)c1.Cc1[c-]c(-c2ccc3ccccc3n2)cc(C)c1.Cc1[c-]c(-c2nc3ccccc3cc2C)cc(C)c1.[Ir].[Ir].[Ir]. The summed E-state index contributed by atoms with van der Waals surface area (Å²) in [4.78, 5) is 45.1. The van der Waals surface area contributed by atoms with Crippen LogP contribution in [0.3, 0.4) is 0 Å². The van der Waals surface area contributed by atoms with E-state index in [0.717, 1.165) is 73.4 Å². The number of hydrogen-bond acceptors (Lipinski definition) is 9. The van der Waals surface area contributed by atoms with Gasteiger partial charge in [-0.05, 0) is 132 Å². The standard InChI is InChI=1S/C21H22N.C18H16N.C17H14N.2C6H10O2.C5H8O2.3Ir/c1-14(2)9-17-5-6-18-7-8-20(22-21(18)13-17)19-11-15(3)10-16(4)12-19;1-12-8-13(2)10-16(9-12)18-14(3)11-15-6-4-5-7-17(15)19-18;1-12-9-13(2)11-15(10-12)17-8-7-14-5-3-4-6-16(14)18-17;2*1-4(5(2)7)6(3)8;1-4(6)3-5(2)7;;;/h5-8,10-11,13-14H,9H2,1-4H3;4-9,11H,1-3H3;3-10H,1-2H3;2*7H,1-3H3;3,6H,1-2H3;;;/q3*-1;;;;;;. The van der Waals surface area contributed by atoms with Crippen molar-refractivity contribution in [2.75, 3.05) is 0 Å². The maximum absolute atomic E-state index is 10.4. The summed E-state index contributed by atoms with van der Waals surface area (Å²) < 4.78 is 0. The number of carbonyl (C=O) groups is 3. The summed E-state index contributed by atoms with van der Waals surface area (Å²) in [7, 11) is 0. The van der Waals surface area contributed by atoms with Crippen LogP contribution in [0.15, 0.2) is 168 Å². The van der Waals surface area contributed by atoms with Gasteiger partial charge in [-0.1, -0.05) is 140 Å². The van der Waals surface area contributed by atoms with Gasteiger partial charge in [0.2, 0.25) is 0 Å². The number of para-hydroxylation sites is 2. The average molecular weight is 1670 g/mol. The van der Waals surface area contributed by atoms with Crippen LogP contribution in [0.4, 0.5) is 0 Å². The van der Waals surface area contributed by atoms with Crippen LogP contribution in [0.2, 0.25) is 0 Å². The van der Waals surface area contributed by atoms with Crippen LogP contribution < -0.4 is 0 Å². The first kappa shape index (κ1) is 76.1. The van der Waals surface area contributed by atoms with Crippen molar-refractivity contribution < 1.29 is 90.0 Å². The Morgan fingerprint density at radius 3 is 1.24 bits per heavy atom. The van der Waals surface area contributed by atoms with Crippen molar-refractivity contribution in [2.45, 2.75) is 124 Å². The summed E-state index contributed by atoms with van der Waals surface area (Å²) >= 11 is 0. The second-order valence-electron chi connectivity index (χ2n) is 21.2. The molecule has 9 aromatic rings. The van der Waals surface area contributed by atoms with Crippen LogP contribution in [-0.2, 0) is 81.1 Å². The number of aliphatic hydroxyl groups is 3. The van der Waals surface area contributed by atoms with Crippen molar-refractivity contribution in [1.82, 2.24) is 15.0 Å². The number of fused-ring (bicyclic) bond motifs is 3. The van der Waals surface area contributed by atoms with Gasteiger partial charge in [0, 0.05) is 77.5 Å². The maximum Gasteiger partial charge on any atom is 0.158 e. The second kappa shape index (κ2) is 36.9. The first-order valence-corrected chi connectivity index (χ1v) is 27.4. The zero-order valence-corrected chi connectivity index (χ0v) is 59.2. The molecule has 6 aromatic carbocycles. The molecule has 0 saturated heterocycles. The largest absolute Gasteiger partial charge is 0.512 e. The third-order valence-corrected chi connectivity index (χ3v) is 12.7. The third kappa shape index (κ3) is 25.7. The molecule has 3 radical (unpaired) electrons. The molecule has 3 N–H and O–H groups in total. The Balaban J connectivity index is 0.000000534. The number of aliphatic hydroxyl groups excluding tert-OH is 3. The molecule has 0 aliphatic carbocycles. The van der Waals surface area contributed by atoms with Crippen LogP contribution in [0.1, 0.15) is 114 Å². The van der Waals surface area contributed by atoms with Crippen LogP contribution in [0, 0.1) is 72.6 Å². The number of nitrogens with zero attached hydrogens (tertiary/aromatic N) is 3. The zero-order valence-electron chi connectivity index (χ0n) is 52.0. The van der Waals surface area contributed by atoms with Crippen molar-refractivity contribution in [1.29, 1.82) is 0 Å². The van der Waals surface area contributed by atoms with Gasteiger partial charge < -0.3 is 15.3 Å². The van der Waals surface area contributed by atoms with Gasteiger partial charge in [0.1, 0.15) is 0 Å². The summed E-state index contributed by atoms with van der Waals surface area (Å²) in [5, 5.41) is 29.2. The molecule has 0 bridgehead atoms. The second-order valence-corrected chi connectivity index (χ2v) is 21.2. The number of aromatic nitrogens is 3. The van der Waals surface area contributed by atoms with Crippen LogP contribution in [0.5, 0.6) is 0 Å². The Hall–Kier alpha value is -6.87. The molecule has 12 heteroatoms. The van der Waals surface area contributed by atoms with E-state index in [1.54, 1.807) is 13.8 Å². The van der Waals surface area contributed by atoms with E-state index in [1.807, 2.05) is 30.3 Å². The van der Waals surface area contributed by atoms with Gasteiger partial charge in [-0.3, -0.25) is 29.3 Å². The fourth-order valence-electron chi connectivity index (χ4n) is 8.51. The molecule has 3 aromatic heterocycles. The molecular formula is C73H80Ir3N3O6-3. The summed E-state index contributed by atoms with van der Waals surface area (Å²) in [6.07, 6.45) is 2.26. The van der Waals surface area contributed by atoms with Gasteiger partial charge >= 0.3 is 0 Å². The number of aryl methyl sites for hydroxylation is 7. The minimum atomic E-state index is -0.125. The number of allylic oxidation sites excluding steroid dienone is 6. The first-order chi connectivity index (χ1) is 38.6. The van der Waals surface area contributed by atoms with E-state index in [9.17, 15) is 14.4 Å². The number of rotatable bonds is 8. The van der Waals surface area contributed by atoms with Gasteiger partial charge in [-0.2, -0.15) is 0 Å². The number of Topliss-reactive ketones (excluding diaryl/α,β-unsaturated/α-hetero) is 2. The van der Waals surface area contributed by atoms with E-state index < -0.39 is 0 Å². The van der Waals surface area contributed by atoms with Gasteiger partial charge in [-0.25, -0.2) is 0 Å². The minimum absolute atomic E-state index is 0. The van der Waals surface area contributed by atoms with Crippen molar-refractivity contribution >= 4 is 50.1 Å². The molecule has 3 heterocycles. The fourth-order valence-corrected chi connectivity index (χ4v) is 8.51. The van der Waals surface area contributed by atoms with Gasteiger partial charge in [-0.15, -0.1) is 105 Å².